The van der Waals surface area contributed by atoms with Crippen LogP contribution in [0.5, 0.6) is 0 Å². The Labute approximate surface area is 121 Å². The average molecular weight is 293 g/mol. The van der Waals surface area contributed by atoms with E-state index in [0.29, 0.717) is 18.7 Å². The number of aryl methyl sites for hydroxylation is 1. The Bertz CT molecular complexity index is 702. The maximum absolute atomic E-state index is 12.7. The number of rotatable bonds is 5. The molecule has 1 amide bonds. The number of aromatic amines is 1. The predicted molar refractivity (Wildman–Crippen MR) is 77.2 cm³/mol. The number of nitrogens with zero attached hydrogens (tertiary/aromatic N) is 2. The molecular weight excluding hydrogens is 274 g/mol. The minimum absolute atomic E-state index is 0.00373. The monoisotopic (exact) mass is 293 g/mol. The number of amides is 1. The molecule has 0 radical (unpaired) electrons. The second-order valence-corrected chi connectivity index (χ2v) is 5.11. The molecule has 21 heavy (non-hydrogen) atoms. The van der Waals surface area contributed by atoms with Crippen LogP contribution in [0.25, 0.3) is 11.1 Å². The highest BCUT2D eigenvalue weighted by molar-refractivity contribution is 6.06. The summed E-state index contributed by atoms with van der Waals surface area (Å²) in [5.74, 6) is 0.0852. The fraction of sp³-hybridized carbons (Fsp3) is 0.500. The molecule has 0 aromatic carbocycles. The van der Waals surface area contributed by atoms with Crippen molar-refractivity contribution < 1.29 is 14.3 Å². The number of carbonyl (C=O) groups excluding carboxylic acids is 1. The van der Waals surface area contributed by atoms with Gasteiger partial charge in [0.2, 0.25) is 5.71 Å². The van der Waals surface area contributed by atoms with Crippen LogP contribution in [0, 0.1) is 6.92 Å². The van der Waals surface area contributed by atoms with Gasteiger partial charge in [-0.25, -0.2) is 4.98 Å². The van der Waals surface area contributed by atoms with Crippen molar-refractivity contribution in [1.82, 2.24) is 14.9 Å². The third-order valence-electron chi connectivity index (χ3n) is 3.33. The molecule has 7 heteroatoms. The molecule has 0 saturated heterocycles. The van der Waals surface area contributed by atoms with Crippen LogP contribution in [0.2, 0.25) is 0 Å². The topological polar surface area (TPSA) is 99.4 Å². The summed E-state index contributed by atoms with van der Waals surface area (Å²) in [4.78, 5) is 32.7. The lowest BCUT2D eigenvalue weighted by Gasteiger charge is -2.26. The maximum Gasteiger partial charge on any atom is 0.262 e. The second kappa shape index (κ2) is 6.09. The van der Waals surface area contributed by atoms with Crippen molar-refractivity contribution in [1.29, 1.82) is 0 Å². The van der Waals surface area contributed by atoms with E-state index in [2.05, 4.69) is 9.97 Å². The van der Waals surface area contributed by atoms with Crippen molar-refractivity contribution in [2.45, 2.75) is 33.2 Å². The summed E-state index contributed by atoms with van der Waals surface area (Å²) < 4.78 is 5.41. The molecule has 0 aliphatic heterocycles. The van der Waals surface area contributed by atoms with Crippen LogP contribution in [0.3, 0.4) is 0 Å². The van der Waals surface area contributed by atoms with Gasteiger partial charge in [-0.15, -0.1) is 0 Å². The number of nitrogens with one attached hydrogen (secondary N) is 1. The van der Waals surface area contributed by atoms with E-state index in [-0.39, 0.29) is 35.2 Å². The average Bonchev–Trinajstić information content (AvgIpc) is 2.76. The van der Waals surface area contributed by atoms with Crippen molar-refractivity contribution in [2.75, 3.05) is 13.2 Å². The van der Waals surface area contributed by atoms with E-state index in [9.17, 15) is 9.59 Å². The molecule has 7 nitrogen and oxygen atoms in total. The number of carbonyl (C=O) groups is 1. The Balaban J connectivity index is 2.51. The van der Waals surface area contributed by atoms with Crippen LogP contribution in [0.1, 0.15) is 36.4 Å². The van der Waals surface area contributed by atoms with Crippen molar-refractivity contribution in [3.8, 4) is 0 Å². The fourth-order valence-electron chi connectivity index (χ4n) is 2.29. The lowest BCUT2D eigenvalue weighted by Crippen LogP contribution is -2.38. The van der Waals surface area contributed by atoms with Gasteiger partial charge in [0.25, 0.3) is 11.5 Å². The summed E-state index contributed by atoms with van der Waals surface area (Å²) in [5.41, 5.74) is 0.00233. The van der Waals surface area contributed by atoms with Gasteiger partial charge in [0.05, 0.1) is 11.9 Å². The first-order chi connectivity index (χ1) is 9.97. The number of aliphatic hydroxyl groups is 1. The molecule has 0 atom stereocenters. The summed E-state index contributed by atoms with van der Waals surface area (Å²) in [5, 5.41) is 9.13. The van der Waals surface area contributed by atoms with Crippen molar-refractivity contribution in [3.63, 3.8) is 0 Å². The molecule has 0 fully saturated rings. The standard InChI is InChI=1S/C14H19N3O4/c1-8(2)17(5-4-6-18)14(20)10-9(3)21-13-11(10)12(19)15-7-16-13/h7-8,18H,4-6H2,1-3H3,(H,15,16,19). The molecule has 0 bridgehead atoms. The second-order valence-electron chi connectivity index (χ2n) is 5.11. The van der Waals surface area contributed by atoms with Crippen LogP contribution in [0.4, 0.5) is 0 Å². The third-order valence-corrected chi connectivity index (χ3v) is 3.33. The van der Waals surface area contributed by atoms with Crippen molar-refractivity contribution >= 4 is 17.0 Å². The highest BCUT2D eigenvalue weighted by Crippen LogP contribution is 2.23. The van der Waals surface area contributed by atoms with E-state index in [1.54, 1.807) is 11.8 Å². The van der Waals surface area contributed by atoms with Crippen LogP contribution >= 0.6 is 0 Å². The number of aliphatic hydroxyl groups excluding tert-OH is 1. The van der Waals surface area contributed by atoms with Crippen LogP contribution < -0.4 is 5.56 Å². The highest BCUT2D eigenvalue weighted by atomic mass is 16.3. The molecular formula is C14H19N3O4. The summed E-state index contributed by atoms with van der Waals surface area (Å²) in [6, 6.07) is -0.0517. The van der Waals surface area contributed by atoms with Gasteiger partial charge >= 0.3 is 0 Å². The molecule has 2 N–H and O–H groups in total. The number of hydrogen-bond acceptors (Lipinski definition) is 5. The molecule has 2 aromatic heterocycles. The molecule has 0 aliphatic carbocycles. The van der Waals surface area contributed by atoms with E-state index in [4.69, 9.17) is 9.52 Å². The summed E-state index contributed by atoms with van der Waals surface area (Å²) in [7, 11) is 0. The van der Waals surface area contributed by atoms with Crippen LogP contribution in [-0.2, 0) is 0 Å². The van der Waals surface area contributed by atoms with Gasteiger partial charge in [-0.05, 0) is 27.2 Å². The van der Waals surface area contributed by atoms with E-state index in [1.165, 1.54) is 6.33 Å². The predicted octanol–water partition coefficient (Wildman–Crippen LogP) is 1.06. The van der Waals surface area contributed by atoms with Gasteiger partial charge in [-0.3, -0.25) is 9.59 Å². The van der Waals surface area contributed by atoms with E-state index in [1.807, 2.05) is 13.8 Å². The first kappa shape index (κ1) is 15.2. The van der Waals surface area contributed by atoms with Gasteiger partial charge in [0, 0.05) is 19.2 Å². The molecule has 114 valence electrons. The van der Waals surface area contributed by atoms with Crippen molar-refractivity contribution in [2.24, 2.45) is 0 Å². The SMILES string of the molecule is Cc1oc2nc[nH]c(=O)c2c1C(=O)N(CCCO)C(C)C. The Morgan fingerprint density at radius 3 is 2.86 bits per heavy atom. The molecule has 0 saturated carbocycles. The molecule has 0 spiro atoms. The number of aromatic nitrogens is 2. The van der Waals surface area contributed by atoms with Gasteiger partial charge in [-0.2, -0.15) is 0 Å². The van der Waals surface area contributed by atoms with E-state index >= 15 is 0 Å². The first-order valence-corrected chi connectivity index (χ1v) is 6.86. The summed E-state index contributed by atoms with van der Waals surface area (Å²) in [6.45, 7) is 5.82. The highest BCUT2D eigenvalue weighted by Gasteiger charge is 2.27. The number of fused-ring (bicyclic) bond motifs is 1. The smallest absolute Gasteiger partial charge is 0.262 e. The zero-order chi connectivity index (χ0) is 15.6. The largest absolute Gasteiger partial charge is 0.442 e. The molecule has 0 aliphatic rings. The summed E-state index contributed by atoms with van der Waals surface area (Å²) >= 11 is 0. The molecule has 2 aromatic rings. The van der Waals surface area contributed by atoms with Crippen LogP contribution in [0.15, 0.2) is 15.5 Å². The Morgan fingerprint density at radius 2 is 2.24 bits per heavy atom. The zero-order valence-corrected chi connectivity index (χ0v) is 12.3. The fourth-order valence-corrected chi connectivity index (χ4v) is 2.29. The minimum Gasteiger partial charge on any atom is -0.442 e. The minimum atomic E-state index is -0.397. The Morgan fingerprint density at radius 1 is 1.52 bits per heavy atom. The molecule has 2 heterocycles. The van der Waals surface area contributed by atoms with E-state index < -0.39 is 5.56 Å². The van der Waals surface area contributed by atoms with Crippen LogP contribution in [-0.4, -0.2) is 45.1 Å². The van der Waals surface area contributed by atoms with Crippen molar-refractivity contribution in [3.05, 3.63) is 28.0 Å². The first-order valence-electron chi connectivity index (χ1n) is 6.86. The summed E-state index contributed by atoms with van der Waals surface area (Å²) in [6.07, 6.45) is 1.72. The van der Waals surface area contributed by atoms with Gasteiger partial charge in [0.15, 0.2) is 0 Å². The molecule has 0 unspecified atom stereocenters. The quantitative estimate of drug-likeness (QED) is 0.858. The normalized spacial score (nSPS) is 11.3. The van der Waals surface area contributed by atoms with Gasteiger partial charge < -0.3 is 19.4 Å². The molecule has 2 rings (SSSR count). The Kier molecular flexibility index (Phi) is 4.42. The van der Waals surface area contributed by atoms with Gasteiger partial charge in [-0.1, -0.05) is 0 Å². The lowest BCUT2D eigenvalue weighted by molar-refractivity contribution is 0.0693. The zero-order valence-electron chi connectivity index (χ0n) is 12.3. The number of H-pyrrole nitrogens is 1. The lowest BCUT2D eigenvalue weighted by atomic mass is 10.1. The van der Waals surface area contributed by atoms with Gasteiger partial charge in [0.1, 0.15) is 11.1 Å². The third kappa shape index (κ3) is 2.82. The number of hydrogen-bond donors (Lipinski definition) is 2. The number of furan rings is 1. The maximum atomic E-state index is 12.7. The Hall–Kier alpha value is -2.15. The van der Waals surface area contributed by atoms with E-state index in [0.717, 1.165) is 0 Å².